The van der Waals surface area contributed by atoms with E-state index in [1.165, 1.54) is 37.6 Å². The number of carbonyl (C=O) groups excluding carboxylic acids is 1. The maximum Gasteiger partial charge on any atom is 0.414 e. The maximum atomic E-state index is 11.8. The zero-order chi connectivity index (χ0) is 18.5. The molecule has 0 spiro atoms. The number of rotatable bonds is 8. The first kappa shape index (κ1) is 21.2. The van der Waals surface area contributed by atoms with Crippen molar-refractivity contribution in [2.75, 3.05) is 24.7 Å². The van der Waals surface area contributed by atoms with Gasteiger partial charge in [-0.1, -0.05) is 36.8 Å². The van der Waals surface area contributed by atoms with Crippen LogP contribution in [0.3, 0.4) is 0 Å². The SMILES string of the molecule is O=C(CCCCCN1CCSC1)Cc1ccccc1.O=C(O)C(=O)O. The van der Waals surface area contributed by atoms with Crippen LogP contribution in [0.1, 0.15) is 31.2 Å². The van der Waals surface area contributed by atoms with Gasteiger partial charge in [-0.15, -0.1) is 11.8 Å². The summed E-state index contributed by atoms with van der Waals surface area (Å²) < 4.78 is 0. The van der Waals surface area contributed by atoms with Crippen LogP contribution in [0.15, 0.2) is 30.3 Å². The summed E-state index contributed by atoms with van der Waals surface area (Å²) in [6, 6.07) is 10.0. The third-order valence-corrected chi connectivity index (χ3v) is 4.70. The summed E-state index contributed by atoms with van der Waals surface area (Å²) in [5, 5.41) is 14.8. The molecule has 0 amide bonds. The highest BCUT2D eigenvalue weighted by atomic mass is 32.2. The Bertz CT molecular complexity index is 532. The molecule has 1 aromatic rings. The van der Waals surface area contributed by atoms with Crippen molar-refractivity contribution >= 4 is 29.5 Å². The summed E-state index contributed by atoms with van der Waals surface area (Å²) in [4.78, 5) is 32.5. The monoisotopic (exact) mass is 367 g/mol. The summed E-state index contributed by atoms with van der Waals surface area (Å²) in [5.41, 5.74) is 1.14. The Balaban J connectivity index is 0.000000450. The van der Waals surface area contributed by atoms with Crippen LogP contribution in [-0.4, -0.2) is 57.6 Å². The van der Waals surface area contributed by atoms with E-state index < -0.39 is 11.9 Å². The van der Waals surface area contributed by atoms with Crippen LogP contribution in [0.5, 0.6) is 0 Å². The Morgan fingerprint density at radius 3 is 2.24 bits per heavy atom. The molecular formula is C18H25NO5S. The number of carboxylic acid groups (broad SMARTS) is 2. The van der Waals surface area contributed by atoms with E-state index in [1.54, 1.807) is 0 Å². The van der Waals surface area contributed by atoms with E-state index in [4.69, 9.17) is 19.8 Å². The standard InChI is InChI=1S/C16H23NOS.C2H2O4/c18-16(13-15-7-3-1-4-8-15)9-5-2-6-10-17-11-12-19-14-17;3-1(4)2(5)6/h1,3-4,7-8H,2,5-6,9-14H2;(H,3,4)(H,5,6). The summed E-state index contributed by atoms with van der Waals surface area (Å²) >= 11 is 2.02. The minimum atomic E-state index is -1.82. The molecule has 1 fully saturated rings. The van der Waals surface area contributed by atoms with E-state index in [0.29, 0.717) is 12.2 Å². The van der Waals surface area contributed by atoms with Gasteiger partial charge in [-0.25, -0.2) is 9.59 Å². The minimum absolute atomic E-state index is 0.378. The van der Waals surface area contributed by atoms with E-state index in [-0.39, 0.29) is 0 Å². The largest absolute Gasteiger partial charge is 0.473 e. The molecule has 0 aromatic heterocycles. The van der Waals surface area contributed by atoms with Gasteiger partial charge in [-0.2, -0.15) is 0 Å². The second kappa shape index (κ2) is 12.5. The Kier molecular flexibility index (Phi) is 10.6. The normalized spacial score (nSPS) is 13.8. The molecule has 0 radical (unpaired) electrons. The highest BCUT2D eigenvalue weighted by molar-refractivity contribution is 7.99. The molecule has 0 unspecified atom stereocenters. The van der Waals surface area contributed by atoms with Crippen LogP contribution < -0.4 is 0 Å². The first-order chi connectivity index (χ1) is 12.0. The minimum Gasteiger partial charge on any atom is -0.473 e. The van der Waals surface area contributed by atoms with Gasteiger partial charge in [0.25, 0.3) is 0 Å². The fraction of sp³-hybridized carbons (Fsp3) is 0.500. The summed E-state index contributed by atoms with van der Waals surface area (Å²) in [7, 11) is 0. The van der Waals surface area contributed by atoms with E-state index in [1.807, 2.05) is 42.1 Å². The van der Waals surface area contributed by atoms with Crippen molar-refractivity contribution in [3.8, 4) is 0 Å². The van der Waals surface area contributed by atoms with Crippen LogP contribution in [0, 0.1) is 0 Å². The molecule has 0 aliphatic carbocycles. The molecule has 2 rings (SSSR count). The molecule has 0 atom stereocenters. The number of carbonyl (C=O) groups is 3. The molecule has 1 aliphatic heterocycles. The molecule has 1 aromatic carbocycles. The number of carboxylic acids is 2. The van der Waals surface area contributed by atoms with Gasteiger partial charge in [0.15, 0.2) is 0 Å². The highest BCUT2D eigenvalue weighted by Gasteiger charge is 2.10. The Morgan fingerprint density at radius 2 is 1.68 bits per heavy atom. The molecule has 138 valence electrons. The molecule has 7 heteroatoms. The van der Waals surface area contributed by atoms with Crippen molar-refractivity contribution in [1.29, 1.82) is 0 Å². The zero-order valence-electron chi connectivity index (χ0n) is 14.2. The number of unbranched alkanes of at least 4 members (excludes halogenated alkanes) is 2. The van der Waals surface area contributed by atoms with Gasteiger partial charge in [0.1, 0.15) is 5.78 Å². The van der Waals surface area contributed by atoms with Crippen molar-refractivity contribution < 1.29 is 24.6 Å². The number of aliphatic carboxylic acids is 2. The summed E-state index contributed by atoms with van der Waals surface area (Å²) in [6.45, 7) is 2.46. The number of thioether (sulfide) groups is 1. The van der Waals surface area contributed by atoms with Gasteiger partial charge < -0.3 is 10.2 Å². The summed E-state index contributed by atoms with van der Waals surface area (Å²) in [6.07, 6.45) is 4.81. The van der Waals surface area contributed by atoms with E-state index in [2.05, 4.69) is 4.90 Å². The van der Waals surface area contributed by atoms with Crippen LogP contribution >= 0.6 is 11.8 Å². The van der Waals surface area contributed by atoms with E-state index in [0.717, 1.165) is 18.4 Å². The average Bonchev–Trinajstić information content (AvgIpc) is 3.09. The van der Waals surface area contributed by atoms with Crippen molar-refractivity contribution in [2.24, 2.45) is 0 Å². The predicted molar refractivity (Wildman–Crippen MR) is 97.8 cm³/mol. The number of hydrogen-bond donors (Lipinski definition) is 2. The molecule has 2 N–H and O–H groups in total. The van der Waals surface area contributed by atoms with Gasteiger partial charge in [0.05, 0.1) is 0 Å². The topological polar surface area (TPSA) is 94.9 Å². The Labute approximate surface area is 152 Å². The van der Waals surface area contributed by atoms with Gasteiger partial charge in [0.2, 0.25) is 0 Å². The van der Waals surface area contributed by atoms with Crippen molar-refractivity contribution in [1.82, 2.24) is 4.90 Å². The van der Waals surface area contributed by atoms with Crippen molar-refractivity contribution in [3.63, 3.8) is 0 Å². The lowest BCUT2D eigenvalue weighted by Crippen LogP contribution is -2.20. The highest BCUT2D eigenvalue weighted by Crippen LogP contribution is 2.14. The Morgan fingerprint density at radius 1 is 1.00 bits per heavy atom. The summed E-state index contributed by atoms with van der Waals surface area (Å²) in [5.74, 6) is -0.782. The molecule has 1 aliphatic rings. The second-order valence-electron chi connectivity index (χ2n) is 5.78. The van der Waals surface area contributed by atoms with Gasteiger partial charge in [0, 0.05) is 31.0 Å². The van der Waals surface area contributed by atoms with E-state index in [9.17, 15) is 4.79 Å². The maximum absolute atomic E-state index is 11.8. The Hall–Kier alpha value is -1.86. The number of ketones is 1. The van der Waals surface area contributed by atoms with Crippen LogP contribution in [0.2, 0.25) is 0 Å². The van der Waals surface area contributed by atoms with Crippen molar-refractivity contribution in [3.05, 3.63) is 35.9 Å². The number of hydrogen-bond acceptors (Lipinski definition) is 5. The molecule has 0 bridgehead atoms. The molecule has 25 heavy (non-hydrogen) atoms. The lowest BCUT2D eigenvalue weighted by Gasteiger charge is -2.12. The number of nitrogens with zero attached hydrogens (tertiary/aromatic N) is 1. The first-order valence-corrected chi connectivity index (χ1v) is 9.46. The first-order valence-electron chi connectivity index (χ1n) is 8.31. The fourth-order valence-electron chi connectivity index (χ4n) is 2.37. The molecule has 1 heterocycles. The van der Waals surface area contributed by atoms with Crippen LogP contribution in [0.25, 0.3) is 0 Å². The predicted octanol–water partition coefficient (Wildman–Crippen LogP) is 2.52. The molecule has 6 nitrogen and oxygen atoms in total. The van der Waals surface area contributed by atoms with Gasteiger partial charge in [-0.3, -0.25) is 9.69 Å². The molecule has 0 saturated carbocycles. The quantitative estimate of drug-likeness (QED) is 0.538. The smallest absolute Gasteiger partial charge is 0.414 e. The molecule has 1 saturated heterocycles. The lowest BCUT2D eigenvalue weighted by atomic mass is 10.0. The fourth-order valence-corrected chi connectivity index (χ4v) is 3.41. The van der Waals surface area contributed by atoms with Gasteiger partial charge >= 0.3 is 11.9 Å². The second-order valence-corrected chi connectivity index (χ2v) is 6.85. The average molecular weight is 367 g/mol. The third kappa shape index (κ3) is 10.6. The lowest BCUT2D eigenvalue weighted by molar-refractivity contribution is -0.159. The van der Waals surface area contributed by atoms with Gasteiger partial charge in [-0.05, 0) is 24.9 Å². The zero-order valence-corrected chi connectivity index (χ0v) is 15.0. The molecular weight excluding hydrogens is 342 g/mol. The number of Topliss-reactive ketones (excluding diaryl/α,β-unsaturated/α-hetero) is 1. The third-order valence-electron chi connectivity index (χ3n) is 3.68. The van der Waals surface area contributed by atoms with Crippen molar-refractivity contribution in [2.45, 2.75) is 32.1 Å². The van der Waals surface area contributed by atoms with Crippen LogP contribution in [-0.2, 0) is 20.8 Å². The van der Waals surface area contributed by atoms with Crippen LogP contribution in [0.4, 0.5) is 0 Å². The number of benzene rings is 1. The van der Waals surface area contributed by atoms with E-state index >= 15 is 0 Å².